The molecule has 0 aliphatic heterocycles. The summed E-state index contributed by atoms with van der Waals surface area (Å²) in [6, 6.07) is 16.2. The molecule has 1 N–H and O–H groups in total. The first-order valence-corrected chi connectivity index (χ1v) is 9.78. The predicted octanol–water partition coefficient (Wildman–Crippen LogP) is 3.48. The van der Waals surface area contributed by atoms with Crippen LogP contribution in [0.25, 0.3) is 10.2 Å². The van der Waals surface area contributed by atoms with Crippen molar-refractivity contribution in [2.75, 3.05) is 0 Å². The number of aromatic nitrogens is 3. The van der Waals surface area contributed by atoms with Gasteiger partial charge >= 0.3 is 0 Å². The number of carbonyl (C=O) groups excluding carboxylic acids is 1. The van der Waals surface area contributed by atoms with E-state index in [4.69, 9.17) is 11.6 Å². The molecule has 0 aliphatic carbocycles. The Morgan fingerprint density at radius 2 is 1.75 bits per heavy atom. The summed E-state index contributed by atoms with van der Waals surface area (Å²) in [6.07, 6.45) is 0. The Morgan fingerprint density at radius 3 is 2.50 bits per heavy atom. The molecule has 28 heavy (non-hydrogen) atoms. The lowest BCUT2D eigenvalue weighted by Gasteiger charge is -2.07. The third-order valence-electron chi connectivity index (χ3n) is 4.25. The van der Waals surface area contributed by atoms with E-state index in [0.717, 1.165) is 11.1 Å². The van der Waals surface area contributed by atoms with Crippen molar-refractivity contribution >= 4 is 39.1 Å². The number of halogens is 1. The third kappa shape index (κ3) is 3.95. The second-order valence-electron chi connectivity index (χ2n) is 6.19. The van der Waals surface area contributed by atoms with Crippen molar-refractivity contribution in [1.82, 2.24) is 20.3 Å². The number of thiophene rings is 1. The monoisotopic (exact) mass is 410 g/mol. The van der Waals surface area contributed by atoms with Gasteiger partial charge in [0, 0.05) is 17.1 Å². The molecule has 0 aliphatic rings. The number of hydrogen-bond acceptors (Lipinski definition) is 5. The van der Waals surface area contributed by atoms with E-state index in [9.17, 15) is 9.59 Å². The van der Waals surface area contributed by atoms with Gasteiger partial charge in [0.05, 0.1) is 6.54 Å². The Kier molecular flexibility index (Phi) is 5.18. The van der Waals surface area contributed by atoms with Crippen molar-refractivity contribution in [3.05, 3.63) is 92.0 Å². The van der Waals surface area contributed by atoms with Crippen LogP contribution in [0.5, 0.6) is 0 Å². The number of fused-ring (bicyclic) bond motifs is 1. The summed E-state index contributed by atoms with van der Waals surface area (Å²) in [5.74, 6) is -0.168. The maximum atomic E-state index is 12.4. The van der Waals surface area contributed by atoms with Crippen LogP contribution in [-0.2, 0) is 13.1 Å². The molecule has 4 rings (SSSR count). The Bertz CT molecular complexity index is 1180. The number of nitrogens with one attached hydrogen (secondary N) is 1. The second-order valence-corrected chi connectivity index (χ2v) is 7.55. The minimum Gasteiger partial charge on any atom is -0.348 e. The molecule has 0 radical (unpaired) electrons. The van der Waals surface area contributed by atoms with E-state index in [0.29, 0.717) is 33.9 Å². The zero-order valence-corrected chi connectivity index (χ0v) is 16.2. The summed E-state index contributed by atoms with van der Waals surface area (Å²) in [6.45, 7) is 0.718. The van der Waals surface area contributed by atoms with Gasteiger partial charge in [-0.1, -0.05) is 41.1 Å². The van der Waals surface area contributed by atoms with Crippen LogP contribution in [0.2, 0.25) is 5.02 Å². The van der Waals surface area contributed by atoms with E-state index in [1.807, 2.05) is 29.6 Å². The summed E-state index contributed by atoms with van der Waals surface area (Å²) < 4.78 is 1.92. The third-order valence-corrected chi connectivity index (χ3v) is 5.39. The van der Waals surface area contributed by atoms with Crippen molar-refractivity contribution in [2.45, 2.75) is 13.1 Å². The SMILES string of the molecule is O=C(NCc1ccc(Cl)cc1)c1ccc(Cn2nnc3ccsc3c2=O)cc1. The molecule has 0 unspecified atom stereocenters. The van der Waals surface area contributed by atoms with E-state index in [1.165, 1.54) is 16.0 Å². The lowest BCUT2D eigenvalue weighted by molar-refractivity contribution is 0.0951. The Morgan fingerprint density at radius 1 is 1.04 bits per heavy atom. The maximum Gasteiger partial charge on any atom is 0.288 e. The lowest BCUT2D eigenvalue weighted by atomic mass is 10.1. The summed E-state index contributed by atoms with van der Waals surface area (Å²) in [5.41, 5.74) is 2.83. The second kappa shape index (κ2) is 7.92. The Hall–Kier alpha value is -3.03. The van der Waals surface area contributed by atoms with Crippen LogP contribution in [0.4, 0.5) is 0 Å². The Labute approximate surface area is 169 Å². The molecule has 2 aromatic carbocycles. The normalized spacial score (nSPS) is 10.9. The highest BCUT2D eigenvalue weighted by Gasteiger charge is 2.09. The van der Waals surface area contributed by atoms with Gasteiger partial charge in [-0.2, -0.15) is 0 Å². The standard InChI is InChI=1S/C20H15ClN4O2S/c21-16-7-3-13(4-8-16)11-22-19(26)15-5-1-14(2-6-15)12-25-20(27)18-17(23-24-25)9-10-28-18/h1-10H,11-12H2,(H,22,26). The van der Waals surface area contributed by atoms with Gasteiger partial charge in [-0.05, 0) is 46.8 Å². The quantitative estimate of drug-likeness (QED) is 0.546. The molecule has 0 spiro atoms. The predicted molar refractivity (Wildman–Crippen MR) is 110 cm³/mol. The molecular weight excluding hydrogens is 396 g/mol. The minimum atomic E-state index is -0.168. The van der Waals surface area contributed by atoms with Crippen LogP contribution in [0.15, 0.2) is 64.8 Å². The molecule has 0 saturated heterocycles. The van der Waals surface area contributed by atoms with E-state index in [2.05, 4.69) is 15.6 Å². The Balaban J connectivity index is 1.42. The molecule has 6 nitrogen and oxygen atoms in total. The van der Waals surface area contributed by atoms with Gasteiger partial charge in [0.2, 0.25) is 0 Å². The molecule has 0 atom stereocenters. The molecule has 2 heterocycles. The maximum absolute atomic E-state index is 12.4. The fourth-order valence-corrected chi connectivity index (χ4v) is 3.62. The van der Waals surface area contributed by atoms with Gasteiger partial charge in [-0.3, -0.25) is 9.59 Å². The van der Waals surface area contributed by atoms with Crippen molar-refractivity contribution in [2.24, 2.45) is 0 Å². The average Bonchev–Trinajstić information content (AvgIpc) is 3.20. The van der Waals surface area contributed by atoms with Gasteiger partial charge in [-0.25, -0.2) is 4.68 Å². The van der Waals surface area contributed by atoms with E-state index >= 15 is 0 Å². The van der Waals surface area contributed by atoms with Gasteiger partial charge in [0.15, 0.2) is 0 Å². The number of amides is 1. The van der Waals surface area contributed by atoms with Crippen molar-refractivity contribution in [3.63, 3.8) is 0 Å². The average molecular weight is 411 g/mol. The van der Waals surface area contributed by atoms with Crippen LogP contribution < -0.4 is 10.9 Å². The van der Waals surface area contributed by atoms with E-state index < -0.39 is 0 Å². The molecular formula is C20H15ClN4O2S. The number of carbonyl (C=O) groups is 1. The van der Waals surface area contributed by atoms with Crippen molar-refractivity contribution < 1.29 is 4.79 Å². The minimum absolute atomic E-state index is 0.162. The van der Waals surface area contributed by atoms with E-state index in [-0.39, 0.29) is 11.5 Å². The highest BCUT2D eigenvalue weighted by Crippen LogP contribution is 2.13. The number of rotatable bonds is 5. The summed E-state index contributed by atoms with van der Waals surface area (Å²) in [4.78, 5) is 24.7. The molecule has 140 valence electrons. The molecule has 0 bridgehead atoms. The van der Waals surface area contributed by atoms with Crippen LogP contribution in [-0.4, -0.2) is 20.9 Å². The highest BCUT2D eigenvalue weighted by molar-refractivity contribution is 7.17. The van der Waals surface area contributed by atoms with Gasteiger partial charge in [0.1, 0.15) is 10.2 Å². The first-order chi connectivity index (χ1) is 13.6. The van der Waals surface area contributed by atoms with Crippen LogP contribution >= 0.6 is 22.9 Å². The van der Waals surface area contributed by atoms with Crippen molar-refractivity contribution in [1.29, 1.82) is 0 Å². The molecule has 1 amide bonds. The van der Waals surface area contributed by atoms with Crippen LogP contribution in [0.3, 0.4) is 0 Å². The fraction of sp³-hybridized carbons (Fsp3) is 0.100. The zero-order valence-electron chi connectivity index (χ0n) is 14.6. The first-order valence-electron chi connectivity index (χ1n) is 8.53. The zero-order chi connectivity index (χ0) is 19.5. The van der Waals surface area contributed by atoms with Gasteiger partial charge < -0.3 is 5.32 Å². The molecule has 4 aromatic rings. The van der Waals surface area contributed by atoms with E-state index in [1.54, 1.807) is 30.3 Å². The van der Waals surface area contributed by atoms with Crippen LogP contribution in [0.1, 0.15) is 21.5 Å². The topological polar surface area (TPSA) is 76.9 Å². The summed E-state index contributed by atoms with van der Waals surface area (Å²) in [7, 11) is 0. The lowest BCUT2D eigenvalue weighted by Crippen LogP contribution is -2.24. The van der Waals surface area contributed by atoms with Crippen molar-refractivity contribution in [3.8, 4) is 0 Å². The fourth-order valence-electron chi connectivity index (χ4n) is 2.73. The van der Waals surface area contributed by atoms with Gasteiger partial charge in [-0.15, -0.1) is 16.4 Å². The largest absolute Gasteiger partial charge is 0.348 e. The molecule has 8 heteroatoms. The number of nitrogens with zero attached hydrogens (tertiary/aromatic N) is 3. The smallest absolute Gasteiger partial charge is 0.288 e. The first kappa shape index (κ1) is 18.3. The summed E-state index contributed by atoms with van der Waals surface area (Å²) >= 11 is 7.21. The molecule has 0 fully saturated rings. The summed E-state index contributed by atoms with van der Waals surface area (Å²) in [5, 5.41) is 13.4. The number of hydrogen-bond donors (Lipinski definition) is 1. The molecule has 0 saturated carbocycles. The van der Waals surface area contributed by atoms with Gasteiger partial charge in [0.25, 0.3) is 11.5 Å². The van der Waals surface area contributed by atoms with Crippen LogP contribution in [0, 0.1) is 0 Å². The number of benzene rings is 2. The highest BCUT2D eigenvalue weighted by atomic mass is 35.5. The molecule has 2 aromatic heterocycles.